The second-order valence-corrected chi connectivity index (χ2v) is 6.53. The van der Waals surface area contributed by atoms with Gasteiger partial charge in [0.25, 0.3) is 0 Å². The molecule has 0 spiro atoms. The van der Waals surface area contributed by atoms with E-state index >= 15 is 0 Å². The number of anilines is 1. The molecule has 0 fully saturated rings. The zero-order chi connectivity index (χ0) is 19.2. The molecule has 0 bridgehead atoms. The number of hydrogen-bond acceptors (Lipinski definition) is 5. The number of halogens is 1. The zero-order valence-electron chi connectivity index (χ0n) is 14.4. The molecule has 1 heterocycles. The Labute approximate surface area is 158 Å². The molecule has 27 heavy (non-hydrogen) atoms. The van der Waals surface area contributed by atoms with E-state index in [4.69, 9.17) is 9.26 Å². The molecule has 0 saturated carbocycles. The largest absolute Gasteiger partial charge is 0.497 e. The molecule has 2 aromatic carbocycles. The van der Waals surface area contributed by atoms with E-state index in [1.54, 1.807) is 43.5 Å². The Hall–Kier alpha value is -3.07. The summed E-state index contributed by atoms with van der Waals surface area (Å²) in [6, 6.07) is 13.0. The Kier molecular flexibility index (Phi) is 5.92. The van der Waals surface area contributed by atoms with Gasteiger partial charge in [-0.3, -0.25) is 9.32 Å². The van der Waals surface area contributed by atoms with Gasteiger partial charge in [-0.1, -0.05) is 12.1 Å². The second kappa shape index (κ2) is 8.54. The maximum absolute atomic E-state index is 13.6. The SMILES string of the molecule is COc1ccc(-[n+]2[nH]oc(=O)c2SCCC(=O)Nc2ccccc2F)cc1. The monoisotopic (exact) mass is 390 g/mol. The lowest BCUT2D eigenvalue weighted by atomic mass is 10.3. The number of thioether (sulfide) groups is 1. The van der Waals surface area contributed by atoms with Crippen LogP contribution in [-0.2, 0) is 4.79 Å². The van der Waals surface area contributed by atoms with Crippen LogP contribution in [0.25, 0.3) is 5.69 Å². The molecule has 7 nitrogen and oxygen atoms in total. The number of aromatic amines is 1. The third-order valence-electron chi connectivity index (χ3n) is 3.65. The smallest absolute Gasteiger partial charge is 0.442 e. The van der Waals surface area contributed by atoms with Crippen molar-refractivity contribution in [2.75, 3.05) is 18.2 Å². The summed E-state index contributed by atoms with van der Waals surface area (Å²) in [7, 11) is 1.56. The third kappa shape index (κ3) is 4.56. The quantitative estimate of drug-likeness (QED) is 0.478. The summed E-state index contributed by atoms with van der Waals surface area (Å²) in [6.45, 7) is 0. The van der Waals surface area contributed by atoms with E-state index < -0.39 is 11.4 Å². The molecule has 1 aromatic heterocycles. The van der Waals surface area contributed by atoms with Crippen molar-refractivity contribution in [2.24, 2.45) is 0 Å². The molecule has 0 saturated heterocycles. The summed E-state index contributed by atoms with van der Waals surface area (Å²) in [5, 5.41) is 5.34. The van der Waals surface area contributed by atoms with E-state index in [-0.39, 0.29) is 18.0 Å². The van der Waals surface area contributed by atoms with Gasteiger partial charge in [0, 0.05) is 24.3 Å². The van der Waals surface area contributed by atoms with Crippen molar-refractivity contribution in [3.05, 3.63) is 64.8 Å². The topological polar surface area (TPSA) is 88.2 Å². The maximum atomic E-state index is 13.6. The Balaban J connectivity index is 1.63. The Morgan fingerprint density at radius 1 is 1.26 bits per heavy atom. The first-order chi connectivity index (χ1) is 13.1. The number of para-hydroxylation sites is 1. The zero-order valence-corrected chi connectivity index (χ0v) is 15.2. The molecule has 9 heteroatoms. The summed E-state index contributed by atoms with van der Waals surface area (Å²) in [6.07, 6.45) is 0.103. The van der Waals surface area contributed by atoms with Crippen molar-refractivity contribution in [1.29, 1.82) is 0 Å². The van der Waals surface area contributed by atoms with Gasteiger partial charge in [-0.05, 0) is 46.0 Å². The average molecular weight is 390 g/mol. The van der Waals surface area contributed by atoms with Gasteiger partial charge in [-0.2, -0.15) is 0 Å². The number of rotatable bonds is 7. The van der Waals surface area contributed by atoms with Gasteiger partial charge in [-0.15, -0.1) is 0 Å². The van der Waals surface area contributed by atoms with Crippen LogP contribution in [0.3, 0.4) is 0 Å². The fourth-order valence-corrected chi connectivity index (χ4v) is 3.22. The normalized spacial score (nSPS) is 10.6. The van der Waals surface area contributed by atoms with Crippen molar-refractivity contribution in [2.45, 2.75) is 11.4 Å². The van der Waals surface area contributed by atoms with Crippen LogP contribution in [0.1, 0.15) is 6.42 Å². The van der Waals surface area contributed by atoms with E-state index in [2.05, 4.69) is 10.6 Å². The second-order valence-electron chi connectivity index (χ2n) is 5.45. The van der Waals surface area contributed by atoms with Gasteiger partial charge in [0.05, 0.1) is 12.8 Å². The number of hydrogen-bond donors (Lipinski definition) is 2. The minimum Gasteiger partial charge on any atom is -0.497 e. The van der Waals surface area contributed by atoms with Crippen LogP contribution in [-0.4, -0.2) is 24.0 Å². The lowest BCUT2D eigenvalue weighted by molar-refractivity contribution is -0.704. The fourth-order valence-electron chi connectivity index (χ4n) is 2.30. The number of H-pyrrole nitrogens is 1. The van der Waals surface area contributed by atoms with Crippen LogP contribution < -0.4 is 20.4 Å². The van der Waals surface area contributed by atoms with Crippen LogP contribution in [0.15, 0.2) is 62.9 Å². The van der Waals surface area contributed by atoms with Crippen molar-refractivity contribution in [1.82, 2.24) is 5.27 Å². The average Bonchev–Trinajstić information content (AvgIpc) is 3.04. The van der Waals surface area contributed by atoms with Crippen LogP contribution in [0.4, 0.5) is 10.1 Å². The number of amides is 1. The number of carbonyl (C=O) groups is 1. The standard InChI is InChI=1S/C18H16FN3O4S/c1-25-13-8-6-12(7-9-13)22-17(18(24)26-21-22)27-11-10-16(23)20-15-5-3-2-4-14(15)19/h2-9H,10-11H2,1H3,(H-,20,21,23,24)/p+1. The van der Waals surface area contributed by atoms with Crippen LogP contribution in [0.2, 0.25) is 0 Å². The molecule has 0 aliphatic heterocycles. The number of ether oxygens (including phenoxy) is 1. The molecule has 1 amide bonds. The first-order valence-corrected chi connectivity index (χ1v) is 9.02. The summed E-state index contributed by atoms with van der Waals surface area (Å²) < 4.78 is 25.0. The third-order valence-corrected chi connectivity index (χ3v) is 4.68. The van der Waals surface area contributed by atoms with E-state index in [0.29, 0.717) is 22.2 Å². The molecule has 140 valence electrons. The first kappa shape index (κ1) is 18.7. The highest BCUT2D eigenvalue weighted by Gasteiger charge is 2.24. The summed E-state index contributed by atoms with van der Waals surface area (Å²) in [5.74, 6) is 0.161. The van der Waals surface area contributed by atoms with Crippen molar-refractivity contribution >= 4 is 23.4 Å². The van der Waals surface area contributed by atoms with Gasteiger partial charge >= 0.3 is 10.7 Å². The number of carbonyl (C=O) groups excluding carboxylic acids is 1. The predicted octanol–water partition coefficient (Wildman–Crippen LogP) is 2.51. The molecular formula is C18H17FN3O4S+. The highest BCUT2D eigenvalue weighted by atomic mass is 32.2. The van der Waals surface area contributed by atoms with Crippen molar-refractivity contribution in [3.8, 4) is 11.4 Å². The molecular weight excluding hydrogens is 373 g/mol. The summed E-state index contributed by atoms with van der Waals surface area (Å²) in [4.78, 5) is 23.9. The van der Waals surface area contributed by atoms with Gasteiger partial charge in [0.1, 0.15) is 11.6 Å². The number of nitrogens with one attached hydrogen (secondary N) is 2. The lowest BCUT2D eigenvalue weighted by Gasteiger charge is -2.05. The van der Waals surface area contributed by atoms with E-state index in [1.165, 1.54) is 28.6 Å². The Bertz CT molecular complexity index is 985. The summed E-state index contributed by atoms with van der Waals surface area (Å²) >= 11 is 1.17. The summed E-state index contributed by atoms with van der Waals surface area (Å²) in [5.41, 5.74) is 0.271. The minimum atomic E-state index is -0.537. The molecule has 0 aliphatic carbocycles. The van der Waals surface area contributed by atoms with Crippen molar-refractivity contribution in [3.63, 3.8) is 0 Å². The van der Waals surface area contributed by atoms with E-state index in [0.717, 1.165) is 0 Å². The van der Waals surface area contributed by atoms with Gasteiger partial charge in [-0.25, -0.2) is 9.18 Å². The van der Waals surface area contributed by atoms with Crippen molar-refractivity contribution < 1.29 is 23.1 Å². The molecule has 3 rings (SSSR count). The van der Waals surface area contributed by atoms with Gasteiger partial charge in [0.15, 0.2) is 0 Å². The van der Waals surface area contributed by atoms with E-state index in [9.17, 15) is 14.0 Å². The van der Waals surface area contributed by atoms with E-state index in [1.807, 2.05) is 0 Å². The molecule has 3 aromatic rings. The molecule has 0 unspecified atom stereocenters. The molecule has 0 atom stereocenters. The van der Waals surface area contributed by atoms with Crippen LogP contribution >= 0.6 is 11.8 Å². The highest BCUT2D eigenvalue weighted by Crippen LogP contribution is 2.16. The molecule has 0 aliphatic rings. The minimum absolute atomic E-state index is 0.103. The predicted molar refractivity (Wildman–Crippen MR) is 97.8 cm³/mol. The Morgan fingerprint density at radius 2 is 2.00 bits per heavy atom. The fraction of sp³-hybridized carbons (Fsp3) is 0.167. The van der Waals surface area contributed by atoms with Gasteiger partial charge < -0.3 is 10.1 Å². The maximum Gasteiger partial charge on any atom is 0.442 e. The van der Waals surface area contributed by atoms with Crippen LogP contribution in [0.5, 0.6) is 5.75 Å². The number of benzene rings is 2. The molecule has 0 radical (unpaired) electrons. The Morgan fingerprint density at radius 3 is 2.70 bits per heavy atom. The highest BCUT2D eigenvalue weighted by molar-refractivity contribution is 7.99. The molecule has 2 N–H and O–H groups in total. The number of methoxy groups -OCH3 is 1. The van der Waals surface area contributed by atoms with Crippen LogP contribution in [0, 0.1) is 5.82 Å². The van der Waals surface area contributed by atoms with Gasteiger partial charge in [0.2, 0.25) is 11.6 Å². The number of aromatic nitrogens is 2. The number of nitrogens with zero attached hydrogens (tertiary/aromatic N) is 1. The first-order valence-electron chi connectivity index (χ1n) is 8.03. The lowest BCUT2D eigenvalue weighted by Crippen LogP contribution is -2.36.